The Labute approximate surface area is 203 Å². The van der Waals surface area contributed by atoms with Crippen LogP contribution in [0.25, 0.3) is 0 Å². The quantitative estimate of drug-likeness (QED) is 0.624. The second kappa shape index (κ2) is 10.6. The maximum Gasteiger partial charge on any atom is 0.321 e. The molecule has 1 aromatic carbocycles. The van der Waals surface area contributed by atoms with Crippen LogP contribution in [0.4, 0.5) is 0 Å². The van der Waals surface area contributed by atoms with Crippen LogP contribution in [0.5, 0.6) is 0 Å². The largest absolute Gasteiger partial charge is 0.480 e. The summed E-state index contributed by atoms with van der Waals surface area (Å²) in [6.45, 7) is 7.08. The van der Waals surface area contributed by atoms with E-state index >= 15 is 0 Å². The fraction of sp³-hybridized carbons (Fsp3) is 0.643. The molecule has 2 aromatic rings. The third-order valence-electron chi connectivity index (χ3n) is 8.66. The molecule has 0 radical (unpaired) electrons. The van der Waals surface area contributed by atoms with Crippen molar-refractivity contribution in [2.45, 2.75) is 69.7 Å². The van der Waals surface area contributed by atoms with Crippen LogP contribution in [0, 0.1) is 18.8 Å². The SMILES string of the molecule is Cc1cc(C2CCN(C[C@H]3CN([C@@H](C(=O)O)C4CCCCC4)CC3c3ccccc3)CC2)n[nH]1. The average molecular weight is 465 g/mol. The summed E-state index contributed by atoms with van der Waals surface area (Å²) >= 11 is 0. The molecule has 6 nitrogen and oxygen atoms in total. The Hall–Kier alpha value is -2.18. The fourth-order valence-corrected chi connectivity index (χ4v) is 6.89. The smallest absolute Gasteiger partial charge is 0.321 e. The highest BCUT2D eigenvalue weighted by atomic mass is 16.4. The van der Waals surface area contributed by atoms with Crippen molar-refractivity contribution < 1.29 is 9.90 Å². The molecule has 34 heavy (non-hydrogen) atoms. The van der Waals surface area contributed by atoms with Crippen molar-refractivity contribution in [1.82, 2.24) is 20.0 Å². The van der Waals surface area contributed by atoms with Gasteiger partial charge in [0.15, 0.2) is 0 Å². The number of aromatic nitrogens is 2. The summed E-state index contributed by atoms with van der Waals surface area (Å²) in [6, 6.07) is 12.7. The molecule has 184 valence electrons. The number of hydrogen-bond acceptors (Lipinski definition) is 4. The lowest BCUT2D eigenvalue weighted by Gasteiger charge is -2.35. The lowest BCUT2D eigenvalue weighted by molar-refractivity contribution is -0.145. The molecule has 5 rings (SSSR count). The molecule has 3 aliphatic rings. The van der Waals surface area contributed by atoms with Gasteiger partial charge in [-0.1, -0.05) is 49.6 Å². The number of hydrogen-bond donors (Lipinski definition) is 2. The van der Waals surface area contributed by atoms with E-state index < -0.39 is 5.97 Å². The lowest BCUT2D eigenvalue weighted by Crippen LogP contribution is -2.46. The molecule has 2 saturated heterocycles. The Kier molecular flexibility index (Phi) is 7.35. The van der Waals surface area contributed by atoms with Gasteiger partial charge < -0.3 is 10.0 Å². The van der Waals surface area contributed by atoms with Gasteiger partial charge in [0.05, 0.1) is 5.69 Å². The number of H-pyrrole nitrogens is 1. The molecule has 2 aliphatic heterocycles. The standard InChI is InChI=1S/C28H40N4O2/c1-20-16-26(30-29-20)22-12-14-31(15-13-22)17-24-18-32(19-25(24)21-8-4-2-5-9-21)27(28(33)34)23-10-6-3-7-11-23/h2,4-5,8-9,16,22-25,27H,3,6-7,10-15,17-19H2,1H3,(H,29,30)(H,33,34)/t24-,25?,27+/m0/s1. The number of likely N-dealkylation sites (tertiary alicyclic amines) is 2. The molecule has 3 atom stereocenters. The predicted octanol–water partition coefficient (Wildman–Crippen LogP) is 4.65. The Morgan fingerprint density at radius 1 is 1.09 bits per heavy atom. The van der Waals surface area contributed by atoms with Gasteiger partial charge in [-0.25, -0.2) is 0 Å². The van der Waals surface area contributed by atoms with Crippen molar-refractivity contribution in [2.75, 3.05) is 32.7 Å². The first kappa shape index (κ1) is 23.6. The van der Waals surface area contributed by atoms with Crippen LogP contribution in [0.1, 0.15) is 73.7 Å². The molecular formula is C28H40N4O2. The monoisotopic (exact) mass is 464 g/mol. The number of carboxylic acid groups (broad SMARTS) is 1. The molecule has 6 heteroatoms. The first-order valence-electron chi connectivity index (χ1n) is 13.3. The van der Waals surface area contributed by atoms with Gasteiger partial charge in [-0.15, -0.1) is 0 Å². The normalized spacial score (nSPS) is 26.6. The van der Waals surface area contributed by atoms with E-state index in [0.29, 0.717) is 23.7 Å². The summed E-state index contributed by atoms with van der Waals surface area (Å²) in [5, 5.41) is 17.8. The van der Waals surface area contributed by atoms with Crippen LogP contribution >= 0.6 is 0 Å². The third-order valence-corrected chi connectivity index (χ3v) is 8.66. The van der Waals surface area contributed by atoms with E-state index in [0.717, 1.165) is 64.1 Å². The van der Waals surface area contributed by atoms with E-state index in [-0.39, 0.29) is 6.04 Å². The highest BCUT2D eigenvalue weighted by molar-refractivity contribution is 5.74. The molecule has 3 fully saturated rings. The Bertz CT molecular complexity index is 931. The van der Waals surface area contributed by atoms with Crippen LogP contribution in [0.2, 0.25) is 0 Å². The highest BCUT2D eigenvalue weighted by Crippen LogP contribution is 2.39. The molecule has 1 saturated carbocycles. The number of nitrogens with one attached hydrogen (secondary N) is 1. The van der Waals surface area contributed by atoms with Crippen LogP contribution in [-0.4, -0.2) is 69.8 Å². The van der Waals surface area contributed by atoms with Gasteiger partial charge in [-0.05, 0) is 69.2 Å². The van der Waals surface area contributed by atoms with E-state index in [9.17, 15) is 9.90 Å². The van der Waals surface area contributed by atoms with Crippen molar-refractivity contribution in [3.8, 4) is 0 Å². The first-order chi connectivity index (χ1) is 16.6. The van der Waals surface area contributed by atoms with E-state index in [2.05, 4.69) is 63.3 Å². The predicted molar refractivity (Wildman–Crippen MR) is 134 cm³/mol. The van der Waals surface area contributed by atoms with Gasteiger partial charge in [0, 0.05) is 37.2 Å². The number of rotatable bonds is 7. The summed E-state index contributed by atoms with van der Waals surface area (Å²) < 4.78 is 0. The van der Waals surface area contributed by atoms with Gasteiger partial charge in [0.1, 0.15) is 6.04 Å². The summed E-state index contributed by atoms with van der Waals surface area (Å²) in [6.07, 6.45) is 8.04. The lowest BCUT2D eigenvalue weighted by atomic mass is 9.83. The van der Waals surface area contributed by atoms with Crippen LogP contribution in [-0.2, 0) is 4.79 Å². The van der Waals surface area contributed by atoms with Gasteiger partial charge in [-0.3, -0.25) is 14.8 Å². The van der Waals surface area contributed by atoms with E-state index in [1.54, 1.807) is 0 Å². The molecule has 0 amide bonds. The maximum atomic E-state index is 12.4. The van der Waals surface area contributed by atoms with Crippen LogP contribution < -0.4 is 0 Å². The topological polar surface area (TPSA) is 72.5 Å². The Morgan fingerprint density at radius 2 is 1.82 bits per heavy atom. The number of aromatic amines is 1. The van der Waals surface area contributed by atoms with Crippen molar-refractivity contribution in [3.05, 3.63) is 53.3 Å². The van der Waals surface area contributed by atoms with Gasteiger partial charge >= 0.3 is 5.97 Å². The number of aryl methyl sites for hydroxylation is 1. The average Bonchev–Trinajstić information content (AvgIpc) is 3.47. The zero-order valence-corrected chi connectivity index (χ0v) is 20.5. The number of benzene rings is 1. The molecule has 1 unspecified atom stereocenters. The molecule has 2 N–H and O–H groups in total. The summed E-state index contributed by atoms with van der Waals surface area (Å²) in [7, 11) is 0. The van der Waals surface area contributed by atoms with Gasteiger partial charge in [-0.2, -0.15) is 5.10 Å². The van der Waals surface area contributed by atoms with Gasteiger partial charge in [0.2, 0.25) is 0 Å². The van der Waals surface area contributed by atoms with Gasteiger partial charge in [0.25, 0.3) is 0 Å². The summed E-state index contributed by atoms with van der Waals surface area (Å²) in [5.74, 6) is 1.10. The second-order valence-corrected chi connectivity index (χ2v) is 11.0. The minimum absolute atomic E-state index is 0.300. The first-order valence-corrected chi connectivity index (χ1v) is 13.3. The number of aliphatic carboxylic acids is 1. The van der Waals surface area contributed by atoms with Crippen molar-refractivity contribution in [2.24, 2.45) is 11.8 Å². The second-order valence-electron chi connectivity index (χ2n) is 11.0. The zero-order valence-electron chi connectivity index (χ0n) is 20.5. The molecule has 1 aliphatic carbocycles. The molecule has 0 bridgehead atoms. The Balaban J connectivity index is 1.28. The van der Waals surface area contributed by atoms with Crippen molar-refractivity contribution in [1.29, 1.82) is 0 Å². The highest BCUT2D eigenvalue weighted by Gasteiger charge is 2.43. The van der Waals surface area contributed by atoms with Crippen molar-refractivity contribution >= 4 is 5.97 Å². The van der Waals surface area contributed by atoms with Crippen LogP contribution in [0.3, 0.4) is 0 Å². The van der Waals surface area contributed by atoms with Crippen LogP contribution in [0.15, 0.2) is 36.4 Å². The molecule has 0 spiro atoms. The summed E-state index contributed by atoms with van der Waals surface area (Å²) in [4.78, 5) is 17.4. The summed E-state index contributed by atoms with van der Waals surface area (Å²) in [5.41, 5.74) is 3.72. The fourth-order valence-electron chi connectivity index (χ4n) is 6.89. The zero-order chi connectivity index (χ0) is 23.5. The number of nitrogens with zero attached hydrogens (tertiary/aromatic N) is 3. The van der Waals surface area contributed by atoms with E-state index in [1.807, 2.05) is 0 Å². The molecule has 3 heterocycles. The number of carboxylic acids is 1. The minimum Gasteiger partial charge on any atom is -0.480 e. The van der Waals surface area contributed by atoms with Crippen molar-refractivity contribution in [3.63, 3.8) is 0 Å². The van der Waals surface area contributed by atoms with E-state index in [1.165, 1.54) is 30.5 Å². The molecule has 1 aromatic heterocycles. The maximum absolute atomic E-state index is 12.4. The van der Waals surface area contributed by atoms with E-state index in [4.69, 9.17) is 0 Å². The third kappa shape index (κ3) is 5.23. The molecular weight excluding hydrogens is 424 g/mol. The minimum atomic E-state index is -0.616. The number of carbonyl (C=O) groups is 1. The number of piperidine rings is 1. The Morgan fingerprint density at radius 3 is 2.47 bits per heavy atom.